The Balaban J connectivity index is 2.68. The van der Waals surface area contributed by atoms with Crippen molar-refractivity contribution in [2.75, 3.05) is 0 Å². The van der Waals surface area contributed by atoms with Crippen LogP contribution in [-0.4, -0.2) is 10.2 Å². The summed E-state index contributed by atoms with van der Waals surface area (Å²) in [6.45, 7) is 1.96. The van der Waals surface area contributed by atoms with Crippen LogP contribution in [0.5, 0.6) is 11.5 Å². The van der Waals surface area contributed by atoms with E-state index in [1.54, 1.807) is 18.2 Å². The lowest BCUT2D eigenvalue weighted by atomic mass is 10.1. The van der Waals surface area contributed by atoms with Gasteiger partial charge >= 0.3 is 0 Å². The van der Waals surface area contributed by atoms with E-state index in [-0.39, 0.29) is 11.5 Å². The molecule has 1 heterocycles. The van der Waals surface area contributed by atoms with Gasteiger partial charge in [0.1, 0.15) is 11.5 Å². The van der Waals surface area contributed by atoms with Crippen LogP contribution in [0.15, 0.2) is 29.6 Å². The largest absolute Gasteiger partial charge is 0.507 e. The van der Waals surface area contributed by atoms with Crippen LogP contribution < -0.4 is 0 Å². The highest BCUT2D eigenvalue weighted by atomic mass is 32.1. The molecule has 0 amide bonds. The molecule has 1 aromatic heterocycles. The first kappa shape index (κ1) is 9.09. The number of hydrogen-bond acceptors (Lipinski definition) is 3. The van der Waals surface area contributed by atoms with E-state index < -0.39 is 0 Å². The molecule has 0 bridgehead atoms. The lowest BCUT2D eigenvalue weighted by molar-refractivity contribution is 0.454. The predicted octanol–water partition coefficient (Wildman–Crippen LogP) is 3.13. The van der Waals surface area contributed by atoms with Crippen LogP contribution in [-0.2, 0) is 0 Å². The van der Waals surface area contributed by atoms with E-state index in [0.717, 1.165) is 10.4 Å². The molecular weight excluding hydrogens is 196 g/mol. The van der Waals surface area contributed by atoms with Gasteiger partial charge in [-0.1, -0.05) is 6.07 Å². The highest BCUT2D eigenvalue weighted by Gasteiger charge is 2.12. The predicted molar refractivity (Wildman–Crippen MR) is 57.8 cm³/mol. The Bertz CT molecular complexity index is 440. The minimum absolute atomic E-state index is 0.121. The molecule has 14 heavy (non-hydrogen) atoms. The average Bonchev–Trinajstić information content (AvgIpc) is 2.52. The van der Waals surface area contributed by atoms with Gasteiger partial charge in [-0.2, -0.15) is 0 Å². The Morgan fingerprint density at radius 1 is 1.07 bits per heavy atom. The molecule has 0 saturated carbocycles. The molecule has 2 nitrogen and oxygen atoms in total. The fourth-order valence-corrected chi connectivity index (χ4v) is 2.38. The van der Waals surface area contributed by atoms with E-state index in [2.05, 4.69) is 0 Å². The Morgan fingerprint density at radius 3 is 2.21 bits per heavy atom. The fraction of sp³-hybridized carbons (Fsp3) is 0.0909. The SMILES string of the molecule is Cc1ccsc1-c1c(O)cccc1O. The zero-order valence-electron chi connectivity index (χ0n) is 7.69. The van der Waals surface area contributed by atoms with Crippen LogP contribution in [0.25, 0.3) is 10.4 Å². The van der Waals surface area contributed by atoms with Gasteiger partial charge in [-0.3, -0.25) is 0 Å². The lowest BCUT2D eigenvalue weighted by Crippen LogP contribution is -1.78. The number of phenols is 2. The first-order chi connectivity index (χ1) is 6.70. The first-order valence-corrected chi connectivity index (χ1v) is 5.13. The average molecular weight is 206 g/mol. The topological polar surface area (TPSA) is 40.5 Å². The van der Waals surface area contributed by atoms with Gasteiger partial charge in [-0.05, 0) is 36.1 Å². The third-order valence-electron chi connectivity index (χ3n) is 2.11. The van der Waals surface area contributed by atoms with Gasteiger partial charge in [0, 0.05) is 4.88 Å². The Hall–Kier alpha value is -1.48. The van der Waals surface area contributed by atoms with Crippen LogP contribution in [0.4, 0.5) is 0 Å². The molecule has 0 radical (unpaired) electrons. The maximum Gasteiger partial charge on any atom is 0.127 e. The second-order valence-electron chi connectivity index (χ2n) is 3.10. The smallest absolute Gasteiger partial charge is 0.127 e. The molecule has 0 fully saturated rings. The zero-order valence-corrected chi connectivity index (χ0v) is 8.51. The van der Waals surface area contributed by atoms with Gasteiger partial charge < -0.3 is 10.2 Å². The molecular formula is C11H10O2S. The minimum Gasteiger partial charge on any atom is -0.507 e. The van der Waals surface area contributed by atoms with Crippen molar-refractivity contribution in [3.63, 3.8) is 0 Å². The summed E-state index contributed by atoms with van der Waals surface area (Å²) in [6, 6.07) is 6.74. The molecule has 0 atom stereocenters. The molecule has 0 aliphatic carbocycles. The second kappa shape index (κ2) is 3.35. The van der Waals surface area contributed by atoms with Crippen molar-refractivity contribution in [2.45, 2.75) is 6.92 Å². The van der Waals surface area contributed by atoms with E-state index in [4.69, 9.17) is 0 Å². The summed E-state index contributed by atoms with van der Waals surface area (Å²) in [6.07, 6.45) is 0. The molecule has 0 aliphatic heterocycles. The van der Waals surface area contributed by atoms with E-state index >= 15 is 0 Å². The van der Waals surface area contributed by atoms with E-state index in [1.807, 2.05) is 18.4 Å². The number of thiophene rings is 1. The summed E-state index contributed by atoms with van der Waals surface area (Å²) in [4.78, 5) is 0.917. The summed E-state index contributed by atoms with van der Waals surface area (Å²) >= 11 is 1.51. The molecule has 0 unspecified atom stereocenters. The van der Waals surface area contributed by atoms with Crippen molar-refractivity contribution in [1.82, 2.24) is 0 Å². The maximum absolute atomic E-state index is 9.63. The maximum atomic E-state index is 9.63. The molecule has 0 spiro atoms. The molecule has 2 rings (SSSR count). The molecule has 2 N–H and O–H groups in total. The van der Waals surface area contributed by atoms with Crippen LogP contribution >= 0.6 is 11.3 Å². The van der Waals surface area contributed by atoms with E-state index in [9.17, 15) is 10.2 Å². The highest BCUT2D eigenvalue weighted by Crippen LogP contribution is 2.41. The molecule has 72 valence electrons. The van der Waals surface area contributed by atoms with Crippen molar-refractivity contribution in [3.8, 4) is 21.9 Å². The summed E-state index contributed by atoms with van der Waals surface area (Å²) in [5, 5.41) is 21.2. The van der Waals surface area contributed by atoms with E-state index in [1.165, 1.54) is 11.3 Å². The minimum atomic E-state index is 0.121. The quantitative estimate of drug-likeness (QED) is 0.752. The number of rotatable bonds is 1. The van der Waals surface area contributed by atoms with Gasteiger partial charge in [0.2, 0.25) is 0 Å². The van der Waals surface area contributed by atoms with Crippen molar-refractivity contribution >= 4 is 11.3 Å². The van der Waals surface area contributed by atoms with Gasteiger partial charge in [-0.15, -0.1) is 11.3 Å². The zero-order chi connectivity index (χ0) is 10.1. The van der Waals surface area contributed by atoms with Crippen molar-refractivity contribution in [2.24, 2.45) is 0 Å². The summed E-state index contributed by atoms with van der Waals surface area (Å²) in [5.74, 6) is 0.242. The van der Waals surface area contributed by atoms with Crippen LogP contribution in [0, 0.1) is 6.92 Å². The number of aromatic hydroxyl groups is 2. The normalized spacial score (nSPS) is 10.4. The van der Waals surface area contributed by atoms with Crippen molar-refractivity contribution in [1.29, 1.82) is 0 Å². The number of aryl methyl sites for hydroxylation is 1. The first-order valence-electron chi connectivity index (χ1n) is 4.25. The summed E-state index contributed by atoms with van der Waals surface area (Å²) in [7, 11) is 0. The van der Waals surface area contributed by atoms with Gasteiger partial charge in [-0.25, -0.2) is 0 Å². The monoisotopic (exact) mass is 206 g/mol. The Kier molecular flexibility index (Phi) is 2.17. The molecule has 0 aliphatic rings. The highest BCUT2D eigenvalue weighted by molar-refractivity contribution is 7.13. The van der Waals surface area contributed by atoms with Crippen molar-refractivity contribution in [3.05, 3.63) is 35.2 Å². The third-order valence-corrected chi connectivity index (χ3v) is 3.14. The van der Waals surface area contributed by atoms with Crippen LogP contribution in [0.2, 0.25) is 0 Å². The Labute approximate surface area is 86.1 Å². The molecule has 3 heteroatoms. The van der Waals surface area contributed by atoms with Gasteiger partial charge in [0.25, 0.3) is 0 Å². The van der Waals surface area contributed by atoms with Crippen molar-refractivity contribution < 1.29 is 10.2 Å². The number of benzene rings is 1. The standard InChI is InChI=1S/C11H10O2S/c1-7-5-6-14-11(7)10-8(12)3-2-4-9(10)13/h2-6,12-13H,1H3. The summed E-state index contributed by atoms with van der Waals surface area (Å²) in [5.41, 5.74) is 1.59. The van der Waals surface area contributed by atoms with E-state index in [0.29, 0.717) is 5.56 Å². The number of hydrogen-bond donors (Lipinski definition) is 2. The van der Waals surface area contributed by atoms with Crippen LogP contribution in [0.1, 0.15) is 5.56 Å². The molecule has 2 aromatic rings. The van der Waals surface area contributed by atoms with Gasteiger partial charge in [0.15, 0.2) is 0 Å². The van der Waals surface area contributed by atoms with Gasteiger partial charge in [0.05, 0.1) is 5.56 Å². The Morgan fingerprint density at radius 2 is 1.71 bits per heavy atom. The fourth-order valence-electron chi connectivity index (χ4n) is 1.39. The molecule has 0 saturated heterocycles. The number of phenolic OH excluding ortho intramolecular Hbond substituents is 2. The van der Waals surface area contributed by atoms with Crippen LogP contribution in [0.3, 0.4) is 0 Å². The second-order valence-corrected chi connectivity index (χ2v) is 4.02. The molecule has 1 aromatic carbocycles. The lowest BCUT2D eigenvalue weighted by Gasteiger charge is -2.05. The summed E-state index contributed by atoms with van der Waals surface area (Å²) < 4.78 is 0. The third kappa shape index (κ3) is 1.36.